The van der Waals surface area contributed by atoms with Gasteiger partial charge in [0, 0.05) is 44.5 Å². The highest BCUT2D eigenvalue weighted by Crippen LogP contribution is 2.46. The molecule has 1 aromatic rings. The fourth-order valence-corrected chi connectivity index (χ4v) is 6.76. The summed E-state index contributed by atoms with van der Waals surface area (Å²) in [7, 11) is 2.91. The van der Waals surface area contributed by atoms with Gasteiger partial charge in [0.15, 0.2) is 17.7 Å². The quantitative estimate of drug-likeness (QED) is 0.209. The Kier molecular flexibility index (Phi) is 10.6. The molecule has 1 spiro atoms. The SMILES string of the molecule is COCOC1C(NC(C)=O)[C@](C[N+](=O)[O-])([C@H](OCOC)[C@H]2COC3(CCCCC3)O2)OC2COC(c3ccccc3)O[C@H]21. The summed E-state index contributed by atoms with van der Waals surface area (Å²) in [4.78, 5) is 24.7. The van der Waals surface area contributed by atoms with Gasteiger partial charge in [-0.1, -0.05) is 36.8 Å². The van der Waals surface area contributed by atoms with Gasteiger partial charge in [-0.05, 0) is 12.8 Å². The number of amides is 1. The molecule has 4 fully saturated rings. The normalized spacial score (nSPS) is 34.4. The van der Waals surface area contributed by atoms with Crippen molar-refractivity contribution in [3.8, 4) is 0 Å². The second kappa shape index (κ2) is 14.2. The van der Waals surface area contributed by atoms with Crippen molar-refractivity contribution in [1.82, 2.24) is 5.32 Å². The molecule has 8 atom stereocenters. The molecule has 1 saturated carbocycles. The van der Waals surface area contributed by atoms with Gasteiger partial charge in [-0.25, -0.2) is 0 Å². The van der Waals surface area contributed by atoms with Crippen LogP contribution in [0.25, 0.3) is 0 Å². The topological polar surface area (TPSA) is 155 Å². The number of ether oxygens (including phenoxy) is 9. The molecule has 0 bridgehead atoms. The largest absolute Gasteiger partial charge is 0.359 e. The van der Waals surface area contributed by atoms with E-state index in [1.807, 2.05) is 30.3 Å². The Hall–Kier alpha value is -2.27. The van der Waals surface area contributed by atoms with Crippen molar-refractivity contribution >= 4 is 5.91 Å². The number of hydrogen-bond donors (Lipinski definition) is 1. The molecule has 3 heterocycles. The van der Waals surface area contributed by atoms with Crippen LogP contribution in [0.3, 0.4) is 0 Å². The van der Waals surface area contributed by atoms with Crippen LogP contribution in [-0.4, -0.2) is 106 Å². The Morgan fingerprint density at radius 2 is 1.84 bits per heavy atom. The molecular formula is C29H42N2O12. The lowest BCUT2D eigenvalue weighted by Crippen LogP contribution is -2.78. The number of nitrogens with zero attached hydrogens (tertiary/aromatic N) is 1. The molecule has 4 unspecified atom stereocenters. The third kappa shape index (κ3) is 7.02. The molecule has 3 saturated heterocycles. The van der Waals surface area contributed by atoms with E-state index < -0.39 is 71.6 Å². The van der Waals surface area contributed by atoms with Crippen LogP contribution in [0.2, 0.25) is 0 Å². The molecule has 14 heteroatoms. The van der Waals surface area contributed by atoms with Crippen LogP contribution in [0.4, 0.5) is 0 Å². The smallest absolute Gasteiger partial charge is 0.237 e. The molecule has 1 aliphatic carbocycles. The molecule has 43 heavy (non-hydrogen) atoms. The lowest BCUT2D eigenvalue weighted by atomic mass is 9.76. The third-order valence-electron chi connectivity index (χ3n) is 8.47. The van der Waals surface area contributed by atoms with Crippen LogP contribution in [0.1, 0.15) is 50.9 Å². The molecule has 0 aromatic heterocycles. The third-order valence-corrected chi connectivity index (χ3v) is 8.47. The number of hydrogen-bond acceptors (Lipinski definition) is 12. The summed E-state index contributed by atoms with van der Waals surface area (Å²) in [5, 5.41) is 15.3. The average molecular weight is 611 g/mol. The van der Waals surface area contributed by atoms with Gasteiger partial charge in [0.2, 0.25) is 12.5 Å². The maximum atomic E-state index is 12.7. The van der Waals surface area contributed by atoms with Crippen LogP contribution in [0.5, 0.6) is 0 Å². The van der Waals surface area contributed by atoms with E-state index in [2.05, 4.69) is 5.32 Å². The summed E-state index contributed by atoms with van der Waals surface area (Å²) < 4.78 is 54.8. The zero-order valence-corrected chi connectivity index (χ0v) is 24.8. The number of nitro groups is 1. The van der Waals surface area contributed by atoms with Gasteiger partial charge >= 0.3 is 0 Å². The number of carbonyl (C=O) groups is 1. The Morgan fingerprint density at radius 3 is 2.51 bits per heavy atom. The van der Waals surface area contributed by atoms with Crippen molar-refractivity contribution in [3.05, 3.63) is 46.0 Å². The van der Waals surface area contributed by atoms with Crippen molar-refractivity contribution in [2.24, 2.45) is 0 Å². The Balaban J connectivity index is 1.55. The van der Waals surface area contributed by atoms with Crippen molar-refractivity contribution in [3.63, 3.8) is 0 Å². The summed E-state index contributed by atoms with van der Waals surface area (Å²) in [5.41, 5.74) is -1.03. The Morgan fingerprint density at radius 1 is 1.09 bits per heavy atom. The van der Waals surface area contributed by atoms with Crippen LogP contribution < -0.4 is 5.32 Å². The van der Waals surface area contributed by atoms with E-state index in [-0.39, 0.29) is 26.8 Å². The minimum absolute atomic E-state index is 0.0340. The molecule has 240 valence electrons. The number of fused-ring (bicyclic) bond motifs is 1. The van der Waals surface area contributed by atoms with Crippen molar-refractivity contribution in [1.29, 1.82) is 0 Å². The molecular weight excluding hydrogens is 568 g/mol. The molecule has 1 N–H and O–H groups in total. The number of rotatable bonds is 12. The zero-order chi connectivity index (χ0) is 30.5. The van der Waals surface area contributed by atoms with Crippen molar-refractivity contribution < 1.29 is 52.3 Å². The summed E-state index contributed by atoms with van der Waals surface area (Å²) in [5.74, 6) is -1.25. The van der Waals surface area contributed by atoms with E-state index in [0.717, 1.165) is 24.8 Å². The van der Waals surface area contributed by atoms with Gasteiger partial charge in [0.25, 0.3) is 0 Å². The maximum Gasteiger partial charge on any atom is 0.237 e. The van der Waals surface area contributed by atoms with E-state index in [1.165, 1.54) is 21.1 Å². The summed E-state index contributed by atoms with van der Waals surface area (Å²) in [6.45, 7) is 0.335. The highest BCUT2D eigenvalue weighted by Gasteiger charge is 2.67. The number of methoxy groups -OCH3 is 2. The van der Waals surface area contributed by atoms with E-state index in [0.29, 0.717) is 12.8 Å². The maximum absolute atomic E-state index is 12.7. The van der Waals surface area contributed by atoms with Gasteiger partial charge in [0.05, 0.1) is 19.3 Å². The Bertz CT molecular complexity index is 1070. The second-order valence-corrected chi connectivity index (χ2v) is 11.4. The number of nitrogens with one attached hydrogen (secondary N) is 1. The van der Waals surface area contributed by atoms with Gasteiger partial charge in [-0.2, -0.15) is 0 Å². The second-order valence-electron chi connectivity index (χ2n) is 11.4. The van der Waals surface area contributed by atoms with Crippen molar-refractivity contribution in [2.45, 2.75) is 93.3 Å². The molecule has 1 aromatic carbocycles. The van der Waals surface area contributed by atoms with E-state index >= 15 is 0 Å². The highest BCUT2D eigenvalue weighted by molar-refractivity contribution is 5.73. The minimum atomic E-state index is -1.81. The first kappa shape index (κ1) is 32.1. The molecule has 14 nitrogen and oxygen atoms in total. The Labute approximate surface area is 250 Å². The molecule has 1 amide bonds. The fourth-order valence-electron chi connectivity index (χ4n) is 6.76. The lowest BCUT2D eigenvalue weighted by molar-refractivity contribution is -0.519. The monoisotopic (exact) mass is 610 g/mol. The molecule has 4 aliphatic rings. The molecule has 5 rings (SSSR count). The van der Waals surface area contributed by atoms with Gasteiger partial charge in [0.1, 0.15) is 44.1 Å². The van der Waals surface area contributed by atoms with E-state index in [4.69, 9.17) is 42.6 Å². The average Bonchev–Trinajstić information content (AvgIpc) is 3.39. The fraction of sp³-hybridized carbons (Fsp3) is 0.759. The summed E-state index contributed by atoms with van der Waals surface area (Å²) >= 11 is 0. The number of carbonyl (C=O) groups excluding carboxylic acids is 1. The zero-order valence-electron chi connectivity index (χ0n) is 24.8. The predicted octanol–water partition coefficient (Wildman–Crippen LogP) is 2.07. The first-order valence-corrected chi connectivity index (χ1v) is 14.7. The summed E-state index contributed by atoms with van der Waals surface area (Å²) in [6, 6.07) is 8.23. The first-order valence-electron chi connectivity index (χ1n) is 14.7. The predicted molar refractivity (Wildman–Crippen MR) is 147 cm³/mol. The standard InChI is InChI=1S/C29H42N2O12/c1-19(32)30-25-24(38-17-35-2)23-21(14-37-27(41-23)20-10-6-4-7-11-20)43-29(25,16-31(33)34)26(39-18-36-3)22-15-40-28(42-22)12-8-5-9-13-28/h4,6-7,10-11,21-27H,5,8-9,12-18H2,1-3H3,(H,30,32)/t21?,22-,23-,24?,25?,26-,27?,29-/m1/s1. The van der Waals surface area contributed by atoms with E-state index in [1.54, 1.807) is 0 Å². The minimum Gasteiger partial charge on any atom is -0.359 e. The van der Waals surface area contributed by atoms with Crippen LogP contribution in [0.15, 0.2) is 30.3 Å². The lowest BCUT2D eigenvalue weighted by Gasteiger charge is -2.55. The molecule has 0 radical (unpaired) electrons. The van der Waals surface area contributed by atoms with Crippen LogP contribution >= 0.6 is 0 Å². The number of benzene rings is 1. The van der Waals surface area contributed by atoms with Gasteiger partial charge < -0.3 is 47.9 Å². The van der Waals surface area contributed by atoms with Gasteiger partial charge in [-0.15, -0.1) is 0 Å². The highest BCUT2D eigenvalue weighted by atomic mass is 16.8. The first-order chi connectivity index (χ1) is 20.8. The van der Waals surface area contributed by atoms with Gasteiger partial charge in [-0.3, -0.25) is 14.9 Å². The molecule has 3 aliphatic heterocycles. The van der Waals surface area contributed by atoms with Crippen LogP contribution in [-0.2, 0) is 47.4 Å². The summed E-state index contributed by atoms with van der Waals surface area (Å²) in [6.07, 6.45) is -0.861. The van der Waals surface area contributed by atoms with Crippen LogP contribution in [0, 0.1) is 10.1 Å². The van der Waals surface area contributed by atoms with Crippen molar-refractivity contribution in [2.75, 3.05) is 47.6 Å². The van der Waals surface area contributed by atoms with E-state index in [9.17, 15) is 14.9 Å².